The molecule has 1 aromatic carbocycles. The number of carbonyl (C=O) groups excluding carboxylic acids is 3. The molecule has 1 aliphatic heterocycles. The lowest BCUT2D eigenvalue weighted by molar-refractivity contribution is -0.134. The Morgan fingerprint density at radius 1 is 1.04 bits per heavy atom. The van der Waals surface area contributed by atoms with Crippen molar-refractivity contribution < 1.29 is 19.1 Å². The molecule has 1 unspecified atom stereocenters. The van der Waals surface area contributed by atoms with Crippen molar-refractivity contribution in [3.8, 4) is 0 Å². The van der Waals surface area contributed by atoms with Crippen LogP contribution in [0.1, 0.15) is 37.8 Å². The maximum Gasteiger partial charge on any atom is 0.409 e. The van der Waals surface area contributed by atoms with Crippen molar-refractivity contribution >= 4 is 17.9 Å². The van der Waals surface area contributed by atoms with Gasteiger partial charge in [0.25, 0.3) is 0 Å². The number of aryl methyl sites for hydroxylation is 1. The highest BCUT2D eigenvalue weighted by Crippen LogP contribution is 2.25. The zero-order valence-corrected chi connectivity index (χ0v) is 17.2. The smallest absolute Gasteiger partial charge is 0.409 e. The predicted octanol–water partition coefficient (Wildman–Crippen LogP) is 2.15. The average molecular weight is 389 g/mol. The molecule has 3 amide bonds. The maximum absolute atomic E-state index is 12.7. The number of piperazine rings is 1. The van der Waals surface area contributed by atoms with Crippen LogP contribution in [0, 0.1) is 12.8 Å². The number of ether oxygens (including phenoxy) is 1. The number of carbonyl (C=O) groups is 3. The summed E-state index contributed by atoms with van der Waals surface area (Å²) >= 11 is 0. The largest absolute Gasteiger partial charge is 0.450 e. The van der Waals surface area contributed by atoms with Crippen LogP contribution >= 0.6 is 0 Å². The number of rotatable bonds is 6. The summed E-state index contributed by atoms with van der Waals surface area (Å²) in [6, 6.07) is 7.92. The standard InChI is InChI=1S/C21H31N3O4/c1-5-28-21(27)24-12-10-23(11-13-24)18(25)14-22-20(26)19(15(2)3)17-8-6-16(4)7-9-17/h6-9,15,19H,5,10-14H2,1-4H3,(H,22,26). The molecule has 7 nitrogen and oxygen atoms in total. The zero-order chi connectivity index (χ0) is 20.7. The summed E-state index contributed by atoms with van der Waals surface area (Å²) < 4.78 is 4.98. The van der Waals surface area contributed by atoms with E-state index in [0.29, 0.717) is 32.8 Å². The van der Waals surface area contributed by atoms with Crippen LogP contribution in [0.2, 0.25) is 0 Å². The first kappa shape index (κ1) is 21.7. The number of hydrogen-bond acceptors (Lipinski definition) is 4. The second-order valence-electron chi connectivity index (χ2n) is 7.42. The number of amides is 3. The molecule has 1 heterocycles. The van der Waals surface area contributed by atoms with Crippen molar-refractivity contribution in [1.82, 2.24) is 15.1 Å². The third kappa shape index (κ3) is 5.71. The molecule has 0 spiro atoms. The van der Waals surface area contributed by atoms with Crippen LogP contribution in [-0.4, -0.2) is 67.0 Å². The number of hydrogen-bond donors (Lipinski definition) is 1. The molecule has 0 aliphatic carbocycles. The van der Waals surface area contributed by atoms with E-state index in [0.717, 1.165) is 11.1 Å². The van der Waals surface area contributed by atoms with Crippen LogP contribution in [0.3, 0.4) is 0 Å². The molecule has 28 heavy (non-hydrogen) atoms. The van der Waals surface area contributed by atoms with Gasteiger partial charge >= 0.3 is 6.09 Å². The van der Waals surface area contributed by atoms with Crippen LogP contribution in [-0.2, 0) is 14.3 Å². The van der Waals surface area contributed by atoms with Crippen molar-refractivity contribution in [2.75, 3.05) is 39.3 Å². The zero-order valence-electron chi connectivity index (χ0n) is 17.2. The average Bonchev–Trinajstić information content (AvgIpc) is 2.68. The van der Waals surface area contributed by atoms with Crippen molar-refractivity contribution in [2.24, 2.45) is 5.92 Å². The van der Waals surface area contributed by atoms with Crippen LogP contribution in [0.4, 0.5) is 4.79 Å². The summed E-state index contributed by atoms with van der Waals surface area (Å²) in [5.74, 6) is -0.458. The van der Waals surface area contributed by atoms with Gasteiger partial charge in [-0.2, -0.15) is 0 Å². The van der Waals surface area contributed by atoms with Crippen LogP contribution in [0.15, 0.2) is 24.3 Å². The fourth-order valence-corrected chi connectivity index (χ4v) is 3.35. The Morgan fingerprint density at radius 3 is 2.14 bits per heavy atom. The lowest BCUT2D eigenvalue weighted by atomic mass is 9.87. The van der Waals surface area contributed by atoms with Gasteiger partial charge in [-0.1, -0.05) is 43.7 Å². The summed E-state index contributed by atoms with van der Waals surface area (Å²) in [6.45, 7) is 9.84. The molecule has 2 rings (SSSR count). The molecule has 0 radical (unpaired) electrons. The van der Waals surface area contributed by atoms with Crippen LogP contribution in [0.25, 0.3) is 0 Å². The van der Waals surface area contributed by atoms with Gasteiger partial charge in [0.05, 0.1) is 19.1 Å². The molecule has 1 N–H and O–H groups in total. The van der Waals surface area contributed by atoms with Gasteiger partial charge in [-0.15, -0.1) is 0 Å². The van der Waals surface area contributed by atoms with E-state index in [1.807, 2.05) is 45.0 Å². The van der Waals surface area contributed by atoms with Gasteiger partial charge in [-0.25, -0.2) is 4.79 Å². The van der Waals surface area contributed by atoms with E-state index >= 15 is 0 Å². The molecule has 1 aliphatic rings. The summed E-state index contributed by atoms with van der Waals surface area (Å²) in [5, 5.41) is 2.79. The van der Waals surface area contributed by atoms with E-state index in [9.17, 15) is 14.4 Å². The SMILES string of the molecule is CCOC(=O)N1CCN(C(=O)CNC(=O)C(c2ccc(C)cc2)C(C)C)CC1. The van der Waals surface area contributed by atoms with Gasteiger partial charge in [0.1, 0.15) is 0 Å². The summed E-state index contributed by atoms with van der Waals surface area (Å²) in [6.07, 6.45) is -0.347. The second kappa shape index (κ2) is 10.1. The molecule has 1 aromatic rings. The first-order valence-electron chi connectivity index (χ1n) is 9.87. The molecular formula is C21H31N3O4. The third-order valence-electron chi connectivity index (χ3n) is 4.96. The highest BCUT2D eigenvalue weighted by Gasteiger charge is 2.27. The highest BCUT2D eigenvalue weighted by atomic mass is 16.6. The molecule has 154 valence electrons. The topological polar surface area (TPSA) is 79.0 Å². The van der Waals surface area contributed by atoms with Crippen molar-refractivity contribution in [3.63, 3.8) is 0 Å². The monoisotopic (exact) mass is 389 g/mol. The summed E-state index contributed by atoms with van der Waals surface area (Å²) in [4.78, 5) is 40.2. The van der Waals surface area contributed by atoms with E-state index in [1.54, 1.807) is 16.7 Å². The lowest BCUT2D eigenvalue weighted by Gasteiger charge is -2.34. The van der Waals surface area contributed by atoms with Gasteiger partial charge in [-0.3, -0.25) is 9.59 Å². The Labute approximate surface area is 167 Å². The Hall–Kier alpha value is -2.57. The van der Waals surface area contributed by atoms with Gasteiger partial charge in [0.2, 0.25) is 11.8 Å². The van der Waals surface area contributed by atoms with E-state index in [1.165, 1.54) is 0 Å². The second-order valence-corrected chi connectivity index (χ2v) is 7.42. The molecule has 0 saturated carbocycles. The Morgan fingerprint density at radius 2 is 1.61 bits per heavy atom. The third-order valence-corrected chi connectivity index (χ3v) is 4.96. The molecule has 1 saturated heterocycles. The molecule has 0 bridgehead atoms. The minimum atomic E-state index is -0.347. The highest BCUT2D eigenvalue weighted by molar-refractivity contribution is 5.88. The summed E-state index contributed by atoms with van der Waals surface area (Å²) in [7, 11) is 0. The summed E-state index contributed by atoms with van der Waals surface area (Å²) in [5.41, 5.74) is 2.09. The minimum absolute atomic E-state index is 0.0344. The van der Waals surface area contributed by atoms with Gasteiger partial charge in [0.15, 0.2) is 0 Å². The van der Waals surface area contributed by atoms with E-state index < -0.39 is 0 Å². The lowest BCUT2D eigenvalue weighted by Crippen LogP contribution is -2.53. The molecular weight excluding hydrogens is 358 g/mol. The van der Waals surface area contributed by atoms with Gasteiger partial charge < -0.3 is 19.9 Å². The van der Waals surface area contributed by atoms with Crippen molar-refractivity contribution in [1.29, 1.82) is 0 Å². The Bertz CT molecular complexity index is 679. The van der Waals surface area contributed by atoms with Crippen LogP contribution in [0.5, 0.6) is 0 Å². The fraction of sp³-hybridized carbons (Fsp3) is 0.571. The minimum Gasteiger partial charge on any atom is -0.450 e. The Balaban J connectivity index is 1.86. The first-order valence-corrected chi connectivity index (χ1v) is 9.87. The van der Waals surface area contributed by atoms with E-state index in [-0.39, 0.29) is 36.3 Å². The predicted molar refractivity (Wildman–Crippen MR) is 107 cm³/mol. The maximum atomic E-state index is 12.7. The number of benzene rings is 1. The molecule has 1 fully saturated rings. The van der Waals surface area contributed by atoms with E-state index in [4.69, 9.17) is 4.74 Å². The molecule has 1 atom stereocenters. The molecule has 7 heteroatoms. The first-order chi connectivity index (χ1) is 13.3. The van der Waals surface area contributed by atoms with E-state index in [2.05, 4.69) is 5.32 Å². The number of nitrogens with zero attached hydrogens (tertiary/aromatic N) is 2. The van der Waals surface area contributed by atoms with Gasteiger partial charge in [0, 0.05) is 26.2 Å². The van der Waals surface area contributed by atoms with Crippen molar-refractivity contribution in [2.45, 2.75) is 33.6 Å². The van der Waals surface area contributed by atoms with Gasteiger partial charge in [-0.05, 0) is 25.3 Å². The van der Waals surface area contributed by atoms with Crippen LogP contribution < -0.4 is 5.32 Å². The normalized spacial score (nSPS) is 15.3. The quantitative estimate of drug-likeness (QED) is 0.809. The fourth-order valence-electron chi connectivity index (χ4n) is 3.35. The number of nitrogens with one attached hydrogen (secondary N) is 1. The van der Waals surface area contributed by atoms with Crippen molar-refractivity contribution in [3.05, 3.63) is 35.4 Å². The Kier molecular flexibility index (Phi) is 7.84. The molecule has 0 aromatic heterocycles.